The minimum atomic E-state index is 0.810. The molecule has 3 heteroatoms. The van der Waals surface area contributed by atoms with Crippen molar-refractivity contribution in [2.75, 3.05) is 13.6 Å². The summed E-state index contributed by atoms with van der Waals surface area (Å²) in [5.74, 6) is 0.810. The van der Waals surface area contributed by atoms with Gasteiger partial charge in [0, 0.05) is 30.9 Å². The molecule has 0 aliphatic heterocycles. The van der Waals surface area contributed by atoms with Crippen molar-refractivity contribution in [3.8, 4) is 0 Å². The molecule has 2 rings (SSSR count). The summed E-state index contributed by atoms with van der Waals surface area (Å²) in [6.45, 7) is 2.07. The molecule has 1 saturated carbocycles. The highest BCUT2D eigenvalue weighted by Crippen LogP contribution is 2.39. The number of aromatic nitrogens is 2. The molecule has 1 aliphatic carbocycles. The van der Waals surface area contributed by atoms with E-state index >= 15 is 0 Å². The lowest BCUT2D eigenvalue weighted by Gasteiger charge is -2.05. The average Bonchev–Trinajstić information content (AvgIpc) is 2.83. The van der Waals surface area contributed by atoms with Crippen LogP contribution in [0.2, 0.25) is 0 Å². The summed E-state index contributed by atoms with van der Waals surface area (Å²) >= 11 is 0. The molecule has 0 saturated heterocycles. The zero-order valence-corrected chi connectivity index (χ0v) is 7.45. The fourth-order valence-electron chi connectivity index (χ4n) is 1.47. The van der Waals surface area contributed by atoms with Crippen LogP contribution in [0.1, 0.15) is 24.5 Å². The monoisotopic (exact) mass is 165 g/mol. The number of nitrogens with zero attached hydrogens (tertiary/aromatic N) is 2. The van der Waals surface area contributed by atoms with Gasteiger partial charge in [0.2, 0.25) is 0 Å². The second kappa shape index (κ2) is 3.27. The molecular formula is C9H15N3. The normalized spacial score (nSPS) is 16.8. The number of likely N-dealkylation sites (N-methyl/N-ethyl adjacent to an activating group) is 1. The van der Waals surface area contributed by atoms with E-state index < -0.39 is 0 Å². The topological polar surface area (TPSA) is 29.9 Å². The third-order valence-electron chi connectivity index (χ3n) is 2.34. The number of hydrogen-bond donors (Lipinski definition) is 1. The summed E-state index contributed by atoms with van der Waals surface area (Å²) in [5, 5.41) is 3.14. The largest absolute Gasteiger partial charge is 0.333 e. The van der Waals surface area contributed by atoms with E-state index in [1.807, 2.05) is 19.6 Å². The van der Waals surface area contributed by atoms with Gasteiger partial charge in [-0.25, -0.2) is 4.98 Å². The highest BCUT2D eigenvalue weighted by atomic mass is 15.1. The maximum atomic E-state index is 4.17. The third-order valence-corrected chi connectivity index (χ3v) is 2.34. The first-order chi connectivity index (χ1) is 5.92. The Kier molecular flexibility index (Phi) is 2.13. The Morgan fingerprint density at radius 2 is 2.50 bits per heavy atom. The van der Waals surface area contributed by atoms with Gasteiger partial charge in [0.05, 0.1) is 6.33 Å². The molecule has 0 bridgehead atoms. The quantitative estimate of drug-likeness (QED) is 0.720. The number of imidazole rings is 1. The van der Waals surface area contributed by atoms with Crippen LogP contribution in [0.3, 0.4) is 0 Å². The van der Waals surface area contributed by atoms with Gasteiger partial charge < -0.3 is 9.88 Å². The molecule has 1 heterocycles. The van der Waals surface area contributed by atoms with Crippen LogP contribution in [0.15, 0.2) is 12.5 Å². The zero-order valence-electron chi connectivity index (χ0n) is 7.45. The van der Waals surface area contributed by atoms with Crippen molar-refractivity contribution in [3.05, 3.63) is 18.2 Å². The molecule has 0 unspecified atom stereocenters. The van der Waals surface area contributed by atoms with Crippen molar-refractivity contribution < 1.29 is 0 Å². The van der Waals surface area contributed by atoms with Crippen molar-refractivity contribution in [1.82, 2.24) is 14.9 Å². The van der Waals surface area contributed by atoms with E-state index in [2.05, 4.69) is 14.9 Å². The number of nitrogens with one attached hydrogen (secondary N) is 1. The van der Waals surface area contributed by atoms with Crippen LogP contribution in [0, 0.1) is 0 Å². The fraction of sp³-hybridized carbons (Fsp3) is 0.667. The fourth-order valence-corrected chi connectivity index (χ4v) is 1.47. The van der Waals surface area contributed by atoms with Gasteiger partial charge in [-0.15, -0.1) is 0 Å². The molecular weight excluding hydrogens is 150 g/mol. The van der Waals surface area contributed by atoms with Gasteiger partial charge in [0.15, 0.2) is 0 Å². The smallest absolute Gasteiger partial charge is 0.0948 e. The second-order valence-corrected chi connectivity index (χ2v) is 3.39. The molecule has 12 heavy (non-hydrogen) atoms. The Labute approximate surface area is 72.8 Å². The zero-order chi connectivity index (χ0) is 8.39. The molecule has 1 aromatic heterocycles. The maximum Gasteiger partial charge on any atom is 0.0948 e. The molecule has 66 valence electrons. The van der Waals surface area contributed by atoms with Gasteiger partial charge in [-0.3, -0.25) is 0 Å². The Hall–Kier alpha value is -0.830. The van der Waals surface area contributed by atoms with E-state index in [4.69, 9.17) is 0 Å². The van der Waals surface area contributed by atoms with Crippen LogP contribution in [0.4, 0.5) is 0 Å². The molecule has 0 amide bonds. The Balaban J connectivity index is 2.03. The van der Waals surface area contributed by atoms with E-state index in [1.54, 1.807) is 0 Å². The second-order valence-electron chi connectivity index (χ2n) is 3.39. The predicted octanol–water partition coefficient (Wildman–Crippen LogP) is 0.980. The van der Waals surface area contributed by atoms with Gasteiger partial charge in [-0.05, 0) is 19.9 Å². The lowest BCUT2D eigenvalue weighted by atomic mass is 10.3. The van der Waals surface area contributed by atoms with E-state index in [0.717, 1.165) is 19.0 Å². The van der Waals surface area contributed by atoms with E-state index in [0.29, 0.717) is 0 Å². The molecule has 1 N–H and O–H groups in total. The SMILES string of the molecule is CNCCn1cncc1C1CC1. The van der Waals surface area contributed by atoms with Gasteiger partial charge in [0.1, 0.15) is 0 Å². The summed E-state index contributed by atoms with van der Waals surface area (Å²) in [4.78, 5) is 4.17. The van der Waals surface area contributed by atoms with Crippen LogP contribution in [0.5, 0.6) is 0 Å². The van der Waals surface area contributed by atoms with Crippen molar-refractivity contribution in [1.29, 1.82) is 0 Å². The highest BCUT2D eigenvalue weighted by Gasteiger charge is 2.26. The van der Waals surface area contributed by atoms with E-state index in [9.17, 15) is 0 Å². The Morgan fingerprint density at radius 1 is 1.67 bits per heavy atom. The van der Waals surface area contributed by atoms with Gasteiger partial charge in [-0.2, -0.15) is 0 Å². The van der Waals surface area contributed by atoms with Gasteiger partial charge in [0.25, 0.3) is 0 Å². The van der Waals surface area contributed by atoms with Gasteiger partial charge >= 0.3 is 0 Å². The first-order valence-electron chi connectivity index (χ1n) is 4.56. The number of hydrogen-bond acceptors (Lipinski definition) is 2. The molecule has 1 fully saturated rings. The van der Waals surface area contributed by atoms with E-state index in [1.165, 1.54) is 18.5 Å². The summed E-state index contributed by atoms with van der Waals surface area (Å²) in [7, 11) is 1.98. The van der Waals surface area contributed by atoms with Crippen LogP contribution < -0.4 is 5.32 Å². The highest BCUT2D eigenvalue weighted by molar-refractivity contribution is 5.12. The first kappa shape index (κ1) is 7.80. The predicted molar refractivity (Wildman–Crippen MR) is 48.1 cm³/mol. The summed E-state index contributed by atoms with van der Waals surface area (Å²) < 4.78 is 2.26. The van der Waals surface area contributed by atoms with Crippen LogP contribution in [-0.2, 0) is 6.54 Å². The lowest BCUT2D eigenvalue weighted by molar-refractivity contribution is 0.621. The Bertz CT molecular complexity index is 250. The van der Waals surface area contributed by atoms with Gasteiger partial charge in [-0.1, -0.05) is 0 Å². The number of rotatable bonds is 4. The summed E-state index contributed by atoms with van der Waals surface area (Å²) in [6, 6.07) is 0. The molecule has 0 radical (unpaired) electrons. The van der Waals surface area contributed by atoms with Crippen molar-refractivity contribution >= 4 is 0 Å². The average molecular weight is 165 g/mol. The third kappa shape index (κ3) is 1.50. The van der Waals surface area contributed by atoms with Crippen molar-refractivity contribution in [2.45, 2.75) is 25.3 Å². The van der Waals surface area contributed by atoms with Crippen molar-refractivity contribution in [2.24, 2.45) is 0 Å². The minimum Gasteiger partial charge on any atom is -0.333 e. The molecule has 0 atom stereocenters. The molecule has 1 aromatic rings. The van der Waals surface area contributed by atoms with Crippen LogP contribution in [-0.4, -0.2) is 23.1 Å². The molecule has 3 nitrogen and oxygen atoms in total. The van der Waals surface area contributed by atoms with Crippen molar-refractivity contribution in [3.63, 3.8) is 0 Å². The summed E-state index contributed by atoms with van der Waals surface area (Å²) in [6.07, 6.45) is 6.65. The minimum absolute atomic E-state index is 0.810. The molecule has 0 spiro atoms. The lowest BCUT2D eigenvalue weighted by Crippen LogP contribution is -2.15. The standard InChI is InChI=1S/C9H15N3/c1-10-4-5-12-7-11-6-9(12)8-2-3-8/h6-8,10H,2-5H2,1H3. The first-order valence-corrected chi connectivity index (χ1v) is 4.56. The van der Waals surface area contributed by atoms with E-state index in [-0.39, 0.29) is 0 Å². The summed E-state index contributed by atoms with van der Waals surface area (Å²) in [5.41, 5.74) is 1.42. The van der Waals surface area contributed by atoms with Crippen LogP contribution in [0.25, 0.3) is 0 Å². The molecule has 0 aromatic carbocycles. The van der Waals surface area contributed by atoms with Crippen LogP contribution >= 0.6 is 0 Å². The molecule has 1 aliphatic rings. The maximum absolute atomic E-state index is 4.17. The Morgan fingerprint density at radius 3 is 3.17 bits per heavy atom.